The van der Waals surface area contributed by atoms with E-state index in [4.69, 9.17) is 4.74 Å². The van der Waals surface area contributed by atoms with Gasteiger partial charge in [0.25, 0.3) is 5.91 Å². The van der Waals surface area contributed by atoms with E-state index in [1.807, 2.05) is 0 Å². The lowest BCUT2D eigenvalue weighted by atomic mass is 10.0. The molecule has 1 amide bonds. The number of rotatable bonds is 6. The largest absolute Gasteiger partial charge is 0.388 e. The summed E-state index contributed by atoms with van der Waals surface area (Å²) in [5, 5.41) is 12.3. The Labute approximate surface area is 110 Å². The van der Waals surface area contributed by atoms with Crippen LogP contribution in [0.2, 0.25) is 0 Å². The van der Waals surface area contributed by atoms with Crippen LogP contribution in [0.1, 0.15) is 23.7 Å². The second-order valence-corrected chi connectivity index (χ2v) is 4.58. The molecule has 19 heavy (non-hydrogen) atoms. The molecule has 0 aliphatic rings. The first-order chi connectivity index (χ1) is 8.84. The molecule has 0 bridgehead atoms. The van der Waals surface area contributed by atoms with E-state index in [1.165, 1.54) is 7.11 Å². The highest BCUT2D eigenvalue weighted by Gasteiger charge is 2.21. The van der Waals surface area contributed by atoms with Gasteiger partial charge in [-0.2, -0.15) is 0 Å². The molecule has 0 aliphatic carbocycles. The Morgan fingerprint density at radius 3 is 2.47 bits per heavy atom. The molecule has 2 N–H and O–H groups in total. The predicted molar refractivity (Wildman–Crippen MR) is 65.8 cm³/mol. The van der Waals surface area contributed by atoms with Gasteiger partial charge in [0.2, 0.25) is 0 Å². The standard InChI is InChI=1S/C13H17F2NO3/c1-13(18,3-4-19-2)8-16-12(17)9-5-10(14)7-11(15)6-9/h5-7,18H,3-4,8H2,1-2H3,(H,16,17). The van der Waals surface area contributed by atoms with E-state index < -0.39 is 23.1 Å². The van der Waals surface area contributed by atoms with Crippen molar-refractivity contribution in [2.24, 2.45) is 0 Å². The predicted octanol–water partition coefficient (Wildman–Crippen LogP) is 1.48. The summed E-state index contributed by atoms with van der Waals surface area (Å²) < 4.78 is 30.7. The number of hydrogen-bond acceptors (Lipinski definition) is 3. The molecular formula is C13H17F2NO3. The van der Waals surface area contributed by atoms with Crippen LogP contribution in [0.5, 0.6) is 0 Å². The van der Waals surface area contributed by atoms with Gasteiger partial charge in [0.15, 0.2) is 0 Å². The van der Waals surface area contributed by atoms with Crippen LogP contribution in [0.15, 0.2) is 18.2 Å². The van der Waals surface area contributed by atoms with Crippen molar-refractivity contribution in [3.05, 3.63) is 35.4 Å². The molecule has 0 aliphatic heterocycles. The van der Waals surface area contributed by atoms with Gasteiger partial charge >= 0.3 is 0 Å². The van der Waals surface area contributed by atoms with Crippen LogP contribution in [0, 0.1) is 11.6 Å². The van der Waals surface area contributed by atoms with Crippen LogP contribution in [0.4, 0.5) is 8.78 Å². The van der Waals surface area contributed by atoms with E-state index in [1.54, 1.807) is 6.92 Å². The smallest absolute Gasteiger partial charge is 0.251 e. The molecule has 1 aromatic rings. The number of hydrogen-bond donors (Lipinski definition) is 2. The molecule has 0 saturated heterocycles. The molecule has 0 fully saturated rings. The summed E-state index contributed by atoms with van der Waals surface area (Å²) in [6.07, 6.45) is 0.335. The second kappa shape index (κ2) is 6.58. The van der Waals surface area contributed by atoms with Gasteiger partial charge in [-0.3, -0.25) is 4.79 Å². The van der Waals surface area contributed by atoms with E-state index in [-0.39, 0.29) is 12.1 Å². The molecule has 4 nitrogen and oxygen atoms in total. The zero-order valence-electron chi connectivity index (χ0n) is 10.9. The third-order valence-corrected chi connectivity index (χ3v) is 2.60. The van der Waals surface area contributed by atoms with Gasteiger partial charge in [0.1, 0.15) is 11.6 Å². The van der Waals surface area contributed by atoms with Crippen LogP contribution in [0.3, 0.4) is 0 Å². The number of methoxy groups -OCH3 is 1. The number of carbonyl (C=O) groups excluding carboxylic acids is 1. The third-order valence-electron chi connectivity index (χ3n) is 2.60. The fourth-order valence-corrected chi connectivity index (χ4v) is 1.47. The summed E-state index contributed by atoms with van der Waals surface area (Å²) in [5.74, 6) is -2.29. The topological polar surface area (TPSA) is 58.6 Å². The lowest BCUT2D eigenvalue weighted by Gasteiger charge is -2.23. The Morgan fingerprint density at radius 1 is 1.37 bits per heavy atom. The lowest BCUT2D eigenvalue weighted by Crippen LogP contribution is -2.41. The monoisotopic (exact) mass is 273 g/mol. The minimum atomic E-state index is -1.14. The average Bonchev–Trinajstić information content (AvgIpc) is 2.32. The summed E-state index contributed by atoms with van der Waals surface area (Å²) >= 11 is 0. The number of benzene rings is 1. The van der Waals surface area contributed by atoms with E-state index >= 15 is 0 Å². The molecule has 0 saturated carbocycles. The molecular weight excluding hydrogens is 256 g/mol. The Kier molecular flexibility index (Phi) is 5.38. The highest BCUT2D eigenvalue weighted by molar-refractivity contribution is 5.94. The number of aliphatic hydroxyl groups is 1. The molecule has 1 rings (SSSR count). The van der Waals surface area contributed by atoms with Crippen LogP contribution in [-0.4, -0.2) is 36.9 Å². The number of halogens is 2. The molecule has 1 unspecified atom stereocenters. The molecule has 0 spiro atoms. The maximum atomic E-state index is 12.9. The van der Waals surface area contributed by atoms with Crippen LogP contribution < -0.4 is 5.32 Å². The van der Waals surface area contributed by atoms with Crippen molar-refractivity contribution in [3.8, 4) is 0 Å². The first kappa shape index (κ1) is 15.5. The zero-order valence-corrected chi connectivity index (χ0v) is 10.9. The van der Waals surface area contributed by atoms with Crippen molar-refractivity contribution >= 4 is 5.91 Å². The fraction of sp³-hybridized carbons (Fsp3) is 0.462. The molecule has 0 heterocycles. The van der Waals surface area contributed by atoms with Crippen molar-refractivity contribution in [2.45, 2.75) is 18.9 Å². The van der Waals surface area contributed by atoms with Gasteiger partial charge in [0, 0.05) is 38.3 Å². The lowest BCUT2D eigenvalue weighted by molar-refractivity contribution is 0.0243. The van der Waals surface area contributed by atoms with Gasteiger partial charge in [-0.15, -0.1) is 0 Å². The Morgan fingerprint density at radius 2 is 1.95 bits per heavy atom. The number of amides is 1. The Balaban J connectivity index is 2.60. The van der Waals surface area contributed by atoms with Crippen LogP contribution >= 0.6 is 0 Å². The summed E-state index contributed by atoms with van der Waals surface area (Å²) in [4.78, 5) is 11.7. The van der Waals surface area contributed by atoms with Gasteiger partial charge in [0.05, 0.1) is 5.60 Å². The van der Waals surface area contributed by atoms with Crippen LogP contribution in [0.25, 0.3) is 0 Å². The number of carbonyl (C=O) groups is 1. The van der Waals surface area contributed by atoms with Crippen molar-refractivity contribution in [1.29, 1.82) is 0 Å². The highest BCUT2D eigenvalue weighted by atomic mass is 19.1. The van der Waals surface area contributed by atoms with Gasteiger partial charge in [-0.1, -0.05) is 0 Å². The number of nitrogens with one attached hydrogen (secondary N) is 1. The summed E-state index contributed by atoms with van der Waals surface area (Å²) in [5.41, 5.74) is -1.27. The van der Waals surface area contributed by atoms with E-state index in [2.05, 4.69) is 5.32 Å². The normalized spacial score (nSPS) is 13.9. The first-order valence-electron chi connectivity index (χ1n) is 5.80. The van der Waals surface area contributed by atoms with Crippen LogP contribution in [-0.2, 0) is 4.74 Å². The van der Waals surface area contributed by atoms with Gasteiger partial charge < -0.3 is 15.2 Å². The van der Waals surface area contributed by atoms with Gasteiger partial charge in [-0.25, -0.2) is 8.78 Å². The summed E-state index contributed by atoms with van der Waals surface area (Å²) in [7, 11) is 1.50. The summed E-state index contributed by atoms with van der Waals surface area (Å²) in [6.45, 7) is 1.85. The van der Waals surface area contributed by atoms with Crippen molar-refractivity contribution in [2.75, 3.05) is 20.3 Å². The molecule has 1 atom stereocenters. The molecule has 6 heteroatoms. The first-order valence-corrected chi connectivity index (χ1v) is 5.80. The zero-order chi connectivity index (χ0) is 14.5. The minimum absolute atomic E-state index is 0.0344. The van der Waals surface area contributed by atoms with Crippen molar-refractivity contribution < 1.29 is 23.4 Å². The van der Waals surface area contributed by atoms with Crippen molar-refractivity contribution in [1.82, 2.24) is 5.32 Å². The quantitative estimate of drug-likeness (QED) is 0.825. The summed E-state index contributed by atoms with van der Waals surface area (Å²) in [6, 6.07) is 2.55. The van der Waals surface area contributed by atoms with Crippen molar-refractivity contribution in [3.63, 3.8) is 0 Å². The molecule has 0 aromatic heterocycles. The second-order valence-electron chi connectivity index (χ2n) is 4.58. The Bertz CT molecular complexity index is 429. The minimum Gasteiger partial charge on any atom is -0.388 e. The third kappa shape index (κ3) is 5.32. The molecule has 106 valence electrons. The Hall–Kier alpha value is -1.53. The van der Waals surface area contributed by atoms with E-state index in [0.717, 1.165) is 12.1 Å². The molecule has 1 aromatic carbocycles. The highest BCUT2D eigenvalue weighted by Crippen LogP contribution is 2.10. The SMILES string of the molecule is COCCC(C)(O)CNC(=O)c1cc(F)cc(F)c1. The maximum Gasteiger partial charge on any atom is 0.251 e. The number of ether oxygens (including phenoxy) is 1. The maximum absolute atomic E-state index is 12.9. The van der Waals surface area contributed by atoms with E-state index in [0.29, 0.717) is 19.1 Å². The average molecular weight is 273 g/mol. The molecule has 0 radical (unpaired) electrons. The van der Waals surface area contributed by atoms with Gasteiger partial charge in [-0.05, 0) is 19.1 Å². The van der Waals surface area contributed by atoms with E-state index in [9.17, 15) is 18.7 Å². The fourth-order valence-electron chi connectivity index (χ4n) is 1.47.